The van der Waals surface area contributed by atoms with Crippen molar-refractivity contribution in [1.29, 1.82) is 0 Å². The SMILES string of the molecule is CC(OC(=O)c1ccc(Cl)nc1)C(=O)Nc1ccc([N+](=O)[O-])cc1Cl. The van der Waals surface area contributed by atoms with Crippen LogP contribution in [0, 0.1) is 10.1 Å². The fourth-order valence-electron chi connectivity index (χ4n) is 1.73. The van der Waals surface area contributed by atoms with E-state index in [0.29, 0.717) is 0 Å². The summed E-state index contributed by atoms with van der Waals surface area (Å²) in [5.41, 5.74) is 0.0865. The van der Waals surface area contributed by atoms with Crippen LogP contribution in [-0.4, -0.2) is 27.9 Å². The molecule has 0 aliphatic rings. The van der Waals surface area contributed by atoms with Gasteiger partial charge in [-0.2, -0.15) is 0 Å². The van der Waals surface area contributed by atoms with Gasteiger partial charge in [0.1, 0.15) is 5.15 Å². The summed E-state index contributed by atoms with van der Waals surface area (Å²) < 4.78 is 5.03. The molecule has 2 aromatic rings. The number of carbonyl (C=O) groups is 2. The van der Waals surface area contributed by atoms with Crippen molar-refractivity contribution in [3.63, 3.8) is 0 Å². The Morgan fingerprint density at radius 1 is 1.28 bits per heavy atom. The predicted octanol–water partition coefficient (Wildman–Crippen LogP) is 3.48. The van der Waals surface area contributed by atoms with Crippen LogP contribution in [-0.2, 0) is 9.53 Å². The highest BCUT2D eigenvalue weighted by atomic mass is 35.5. The number of nitrogens with one attached hydrogen (secondary N) is 1. The van der Waals surface area contributed by atoms with E-state index >= 15 is 0 Å². The fourth-order valence-corrected chi connectivity index (χ4v) is 2.07. The van der Waals surface area contributed by atoms with Gasteiger partial charge in [-0.15, -0.1) is 0 Å². The van der Waals surface area contributed by atoms with Crippen molar-refractivity contribution in [2.75, 3.05) is 5.32 Å². The monoisotopic (exact) mass is 383 g/mol. The molecule has 25 heavy (non-hydrogen) atoms. The van der Waals surface area contributed by atoms with Crippen molar-refractivity contribution in [2.24, 2.45) is 0 Å². The lowest BCUT2D eigenvalue weighted by molar-refractivity contribution is -0.384. The van der Waals surface area contributed by atoms with Gasteiger partial charge in [0.05, 0.1) is 21.2 Å². The number of halogens is 2. The normalized spacial score (nSPS) is 11.5. The van der Waals surface area contributed by atoms with Crippen molar-refractivity contribution in [3.05, 3.63) is 62.4 Å². The van der Waals surface area contributed by atoms with Gasteiger partial charge in [-0.1, -0.05) is 23.2 Å². The smallest absolute Gasteiger partial charge is 0.340 e. The van der Waals surface area contributed by atoms with Gasteiger partial charge in [-0.05, 0) is 25.1 Å². The summed E-state index contributed by atoms with van der Waals surface area (Å²) >= 11 is 11.5. The highest BCUT2D eigenvalue weighted by Crippen LogP contribution is 2.26. The van der Waals surface area contributed by atoms with Crippen molar-refractivity contribution in [1.82, 2.24) is 4.98 Å². The summed E-state index contributed by atoms with van der Waals surface area (Å²) in [4.78, 5) is 37.8. The summed E-state index contributed by atoms with van der Waals surface area (Å²) in [7, 11) is 0. The van der Waals surface area contributed by atoms with Crippen molar-refractivity contribution < 1.29 is 19.2 Å². The first kappa shape index (κ1) is 18.6. The first-order valence-corrected chi connectivity index (χ1v) is 7.61. The highest BCUT2D eigenvalue weighted by molar-refractivity contribution is 6.34. The maximum atomic E-state index is 12.1. The molecule has 0 saturated carbocycles. The Kier molecular flexibility index (Phi) is 5.89. The fraction of sp³-hybridized carbons (Fsp3) is 0.133. The zero-order chi connectivity index (χ0) is 18.6. The van der Waals surface area contributed by atoms with E-state index in [-0.39, 0.29) is 27.1 Å². The van der Waals surface area contributed by atoms with E-state index in [1.54, 1.807) is 0 Å². The molecule has 10 heteroatoms. The molecule has 0 bridgehead atoms. The third-order valence-corrected chi connectivity index (χ3v) is 3.57. The molecule has 8 nitrogen and oxygen atoms in total. The summed E-state index contributed by atoms with van der Waals surface area (Å²) in [6.45, 7) is 1.37. The Morgan fingerprint density at radius 3 is 2.56 bits per heavy atom. The summed E-state index contributed by atoms with van der Waals surface area (Å²) in [5, 5.41) is 13.3. The number of pyridine rings is 1. The van der Waals surface area contributed by atoms with Gasteiger partial charge in [-0.3, -0.25) is 14.9 Å². The molecule has 0 aliphatic carbocycles. The molecule has 1 aromatic heterocycles. The minimum atomic E-state index is -1.13. The molecule has 0 saturated heterocycles. The van der Waals surface area contributed by atoms with Crippen LogP contribution in [0.2, 0.25) is 10.2 Å². The van der Waals surface area contributed by atoms with Crippen molar-refractivity contribution >= 4 is 46.5 Å². The molecule has 1 aromatic carbocycles. The van der Waals surface area contributed by atoms with Gasteiger partial charge < -0.3 is 10.1 Å². The number of carbonyl (C=O) groups excluding carboxylic acids is 2. The summed E-state index contributed by atoms with van der Waals surface area (Å²) in [6.07, 6.45) is 0.0945. The molecule has 130 valence electrons. The number of esters is 1. The quantitative estimate of drug-likeness (QED) is 0.366. The molecule has 1 N–H and O–H groups in total. The number of hydrogen-bond acceptors (Lipinski definition) is 6. The van der Waals surface area contributed by atoms with E-state index < -0.39 is 22.9 Å². The van der Waals surface area contributed by atoms with Gasteiger partial charge in [0.15, 0.2) is 6.10 Å². The van der Waals surface area contributed by atoms with E-state index in [2.05, 4.69) is 10.3 Å². The maximum Gasteiger partial charge on any atom is 0.340 e. The maximum absolute atomic E-state index is 12.1. The number of ether oxygens (including phenoxy) is 1. The van der Waals surface area contributed by atoms with Gasteiger partial charge in [-0.25, -0.2) is 9.78 Å². The molecule has 0 aliphatic heterocycles. The minimum Gasteiger partial charge on any atom is -0.449 e. The molecule has 0 spiro atoms. The molecule has 0 fully saturated rings. The average molecular weight is 384 g/mol. The predicted molar refractivity (Wildman–Crippen MR) is 90.9 cm³/mol. The van der Waals surface area contributed by atoms with Crippen LogP contribution in [0.4, 0.5) is 11.4 Å². The number of aromatic nitrogens is 1. The van der Waals surface area contributed by atoms with E-state index in [4.69, 9.17) is 27.9 Å². The Morgan fingerprint density at radius 2 is 2.00 bits per heavy atom. The van der Waals surface area contributed by atoms with Crippen LogP contribution in [0.3, 0.4) is 0 Å². The van der Waals surface area contributed by atoms with E-state index in [9.17, 15) is 19.7 Å². The second-order valence-electron chi connectivity index (χ2n) is 4.83. The minimum absolute atomic E-state index is 0.0111. The lowest BCUT2D eigenvalue weighted by atomic mass is 10.2. The Bertz CT molecular complexity index is 826. The largest absolute Gasteiger partial charge is 0.449 e. The van der Waals surface area contributed by atoms with Crippen molar-refractivity contribution in [3.8, 4) is 0 Å². The number of anilines is 1. The average Bonchev–Trinajstić information content (AvgIpc) is 2.56. The standard InChI is InChI=1S/C15H11Cl2N3O5/c1-8(25-15(22)9-2-5-13(17)18-7-9)14(21)19-12-4-3-10(20(23)24)6-11(12)16/h2-8H,1H3,(H,19,21). The zero-order valence-electron chi connectivity index (χ0n) is 12.7. The first-order chi connectivity index (χ1) is 11.8. The van der Waals surface area contributed by atoms with Crippen LogP contribution in [0.15, 0.2) is 36.5 Å². The second-order valence-corrected chi connectivity index (χ2v) is 5.62. The molecular formula is C15H11Cl2N3O5. The number of amides is 1. The van der Waals surface area contributed by atoms with E-state index in [0.717, 1.165) is 6.07 Å². The van der Waals surface area contributed by atoms with Gasteiger partial charge >= 0.3 is 5.97 Å². The zero-order valence-corrected chi connectivity index (χ0v) is 14.2. The molecule has 2 rings (SSSR count). The van der Waals surface area contributed by atoms with Gasteiger partial charge in [0.2, 0.25) is 0 Å². The number of benzene rings is 1. The topological polar surface area (TPSA) is 111 Å². The third kappa shape index (κ3) is 4.88. The van der Waals surface area contributed by atoms with E-state index in [1.807, 2.05) is 0 Å². The summed E-state index contributed by atoms with van der Waals surface area (Å²) in [5.74, 6) is -1.40. The molecule has 1 atom stereocenters. The highest BCUT2D eigenvalue weighted by Gasteiger charge is 2.20. The Hall–Kier alpha value is -2.71. The Labute approximate surface area is 151 Å². The molecule has 1 amide bonds. The first-order valence-electron chi connectivity index (χ1n) is 6.85. The third-order valence-electron chi connectivity index (χ3n) is 3.04. The Balaban J connectivity index is 2.01. The van der Waals surface area contributed by atoms with Gasteiger partial charge in [0, 0.05) is 18.3 Å². The number of rotatable bonds is 5. The molecular weight excluding hydrogens is 373 g/mol. The molecule has 1 heterocycles. The number of nitro groups is 1. The van der Waals surface area contributed by atoms with Gasteiger partial charge in [0.25, 0.3) is 11.6 Å². The number of nitrogens with zero attached hydrogens (tertiary/aromatic N) is 2. The lowest BCUT2D eigenvalue weighted by Crippen LogP contribution is -2.30. The van der Waals surface area contributed by atoms with Crippen LogP contribution in [0.25, 0.3) is 0 Å². The molecule has 1 unspecified atom stereocenters. The number of hydrogen-bond donors (Lipinski definition) is 1. The van der Waals surface area contributed by atoms with Crippen LogP contribution < -0.4 is 5.32 Å². The van der Waals surface area contributed by atoms with Crippen molar-refractivity contribution in [2.45, 2.75) is 13.0 Å². The number of non-ortho nitro benzene ring substituents is 1. The molecule has 0 radical (unpaired) electrons. The second kappa shape index (κ2) is 7.91. The van der Waals surface area contributed by atoms with Crippen LogP contribution in [0.1, 0.15) is 17.3 Å². The van der Waals surface area contributed by atoms with Crippen LogP contribution in [0.5, 0.6) is 0 Å². The number of nitro benzene ring substituents is 1. The van der Waals surface area contributed by atoms with E-state index in [1.165, 1.54) is 37.4 Å². The van der Waals surface area contributed by atoms with Crippen LogP contribution >= 0.6 is 23.2 Å². The lowest BCUT2D eigenvalue weighted by Gasteiger charge is -2.14. The summed E-state index contributed by atoms with van der Waals surface area (Å²) in [6, 6.07) is 6.41.